The van der Waals surface area contributed by atoms with E-state index in [0.29, 0.717) is 11.5 Å². The van der Waals surface area contributed by atoms with Crippen LogP contribution in [0.5, 0.6) is 0 Å². The summed E-state index contributed by atoms with van der Waals surface area (Å²) < 4.78 is 5.31. The van der Waals surface area contributed by atoms with Crippen LogP contribution in [0, 0.1) is 5.41 Å². The van der Waals surface area contributed by atoms with Gasteiger partial charge in [0.2, 0.25) is 0 Å². The molecule has 0 heterocycles. The third kappa shape index (κ3) is 5.35. The first-order chi connectivity index (χ1) is 9.21. The molecule has 0 aromatic carbocycles. The summed E-state index contributed by atoms with van der Waals surface area (Å²) in [6.07, 6.45) is 9.53. The van der Waals surface area contributed by atoms with E-state index < -0.39 is 0 Å². The largest absolute Gasteiger partial charge is 0.383 e. The van der Waals surface area contributed by atoms with Gasteiger partial charge in [-0.25, -0.2) is 0 Å². The Kier molecular flexibility index (Phi) is 8.59. The number of methoxy groups -OCH3 is 1. The lowest BCUT2D eigenvalue weighted by Crippen LogP contribution is -2.46. The van der Waals surface area contributed by atoms with Gasteiger partial charge in [0, 0.05) is 31.6 Å². The molecule has 19 heavy (non-hydrogen) atoms. The van der Waals surface area contributed by atoms with Crippen LogP contribution in [0.1, 0.15) is 58.8 Å². The standard InChI is InChI=1S/C16H32BrNO/c1-4-15(5-2)18(11-12-19-3)14-16(13-17)9-7-6-8-10-16/h15H,4-14H2,1-3H3. The van der Waals surface area contributed by atoms with Gasteiger partial charge in [-0.05, 0) is 31.1 Å². The second kappa shape index (κ2) is 9.36. The molecule has 0 spiro atoms. The first-order valence-corrected chi connectivity index (χ1v) is 9.12. The van der Waals surface area contributed by atoms with E-state index in [-0.39, 0.29) is 0 Å². The molecule has 0 unspecified atom stereocenters. The van der Waals surface area contributed by atoms with Crippen LogP contribution in [0.2, 0.25) is 0 Å². The van der Waals surface area contributed by atoms with E-state index in [2.05, 4.69) is 34.7 Å². The normalized spacial score (nSPS) is 19.3. The average molecular weight is 334 g/mol. The number of nitrogens with zero attached hydrogens (tertiary/aromatic N) is 1. The van der Waals surface area contributed by atoms with E-state index in [1.165, 1.54) is 51.5 Å². The summed E-state index contributed by atoms with van der Waals surface area (Å²) in [6, 6.07) is 0.716. The zero-order valence-electron chi connectivity index (χ0n) is 13.1. The van der Waals surface area contributed by atoms with Gasteiger partial charge in [-0.3, -0.25) is 4.90 Å². The van der Waals surface area contributed by atoms with E-state index in [4.69, 9.17) is 4.74 Å². The summed E-state index contributed by atoms with van der Waals surface area (Å²) >= 11 is 3.80. The van der Waals surface area contributed by atoms with Gasteiger partial charge in [-0.2, -0.15) is 0 Å². The fourth-order valence-corrected chi connectivity index (χ4v) is 4.21. The molecule has 2 nitrogen and oxygen atoms in total. The lowest BCUT2D eigenvalue weighted by Gasteiger charge is -2.42. The number of hydrogen-bond donors (Lipinski definition) is 0. The van der Waals surface area contributed by atoms with Crippen LogP contribution >= 0.6 is 15.9 Å². The maximum absolute atomic E-state index is 5.31. The van der Waals surface area contributed by atoms with Gasteiger partial charge >= 0.3 is 0 Å². The fourth-order valence-electron chi connectivity index (χ4n) is 3.47. The van der Waals surface area contributed by atoms with Gasteiger partial charge in [-0.1, -0.05) is 49.0 Å². The van der Waals surface area contributed by atoms with Gasteiger partial charge in [0.1, 0.15) is 0 Å². The fraction of sp³-hybridized carbons (Fsp3) is 1.00. The average Bonchev–Trinajstić information content (AvgIpc) is 2.46. The van der Waals surface area contributed by atoms with Crippen molar-refractivity contribution in [3.8, 4) is 0 Å². The Morgan fingerprint density at radius 3 is 2.26 bits per heavy atom. The van der Waals surface area contributed by atoms with E-state index in [9.17, 15) is 0 Å². The predicted molar refractivity (Wildman–Crippen MR) is 87.1 cm³/mol. The zero-order chi connectivity index (χ0) is 14.1. The highest BCUT2D eigenvalue weighted by atomic mass is 79.9. The van der Waals surface area contributed by atoms with Crippen LogP contribution in [-0.2, 0) is 4.74 Å². The first kappa shape index (κ1) is 17.5. The molecule has 0 radical (unpaired) electrons. The van der Waals surface area contributed by atoms with Crippen LogP contribution in [-0.4, -0.2) is 43.1 Å². The number of rotatable bonds is 9. The number of alkyl halides is 1. The molecule has 1 saturated carbocycles. The molecule has 0 amide bonds. The summed E-state index contributed by atoms with van der Waals surface area (Å²) in [5.41, 5.74) is 0.509. The van der Waals surface area contributed by atoms with Crippen molar-refractivity contribution in [3.05, 3.63) is 0 Å². The van der Waals surface area contributed by atoms with Gasteiger partial charge in [-0.15, -0.1) is 0 Å². The Labute approximate surface area is 128 Å². The molecule has 0 bridgehead atoms. The molecule has 0 aromatic rings. The highest BCUT2D eigenvalue weighted by Crippen LogP contribution is 2.39. The monoisotopic (exact) mass is 333 g/mol. The summed E-state index contributed by atoms with van der Waals surface area (Å²) in [7, 11) is 1.81. The molecule has 3 heteroatoms. The van der Waals surface area contributed by atoms with Crippen LogP contribution < -0.4 is 0 Å². The Morgan fingerprint density at radius 2 is 1.79 bits per heavy atom. The van der Waals surface area contributed by atoms with Gasteiger partial charge < -0.3 is 4.74 Å². The quantitative estimate of drug-likeness (QED) is 0.577. The van der Waals surface area contributed by atoms with Crippen molar-refractivity contribution in [2.45, 2.75) is 64.8 Å². The Hall–Kier alpha value is 0.400. The Bertz CT molecular complexity index is 225. The maximum Gasteiger partial charge on any atom is 0.0589 e. The molecule has 0 atom stereocenters. The minimum Gasteiger partial charge on any atom is -0.383 e. The Balaban J connectivity index is 2.67. The minimum atomic E-state index is 0.509. The summed E-state index contributed by atoms with van der Waals surface area (Å²) in [5.74, 6) is 0. The Morgan fingerprint density at radius 1 is 1.16 bits per heavy atom. The van der Waals surface area contributed by atoms with Gasteiger partial charge in [0.25, 0.3) is 0 Å². The molecular weight excluding hydrogens is 302 g/mol. The smallest absolute Gasteiger partial charge is 0.0589 e. The molecule has 1 aliphatic carbocycles. The van der Waals surface area contributed by atoms with Crippen molar-refractivity contribution in [1.82, 2.24) is 4.90 Å². The second-order valence-electron chi connectivity index (χ2n) is 6.13. The van der Waals surface area contributed by atoms with E-state index in [1.54, 1.807) is 0 Å². The van der Waals surface area contributed by atoms with E-state index in [1.807, 2.05) is 7.11 Å². The van der Waals surface area contributed by atoms with Crippen LogP contribution in [0.4, 0.5) is 0 Å². The molecule has 1 fully saturated rings. The number of hydrogen-bond acceptors (Lipinski definition) is 2. The number of halogens is 1. The van der Waals surface area contributed by atoms with Crippen molar-refractivity contribution >= 4 is 15.9 Å². The topological polar surface area (TPSA) is 12.5 Å². The van der Waals surface area contributed by atoms with Crippen LogP contribution in [0.25, 0.3) is 0 Å². The number of ether oxygens (including phenoxy) is 1. The zero-order valence-corrected chi connectivity index (χ0v) is 14.7. The molecular formula is C16H32BrNO. The third-order valence-corrected chi connectivity index (χ3v) is 5.97. The molecule has 0 saturated heterocycles. The summed E-state index contributed by atoms with van der Waals surface area (Å²) in [5, 5.41) is 1.16. The SMILES string of the molecule is CCC(CC)N(CCOC)CC1(CBr)CCCCC1. The van der Waals surface area contributed by atoms with Crippen molar-refractivity contribution in [1.29, 1.82) is 0 Å². The summed E-state index contributed by atoms with van der Waals surface area (Å²) in [4.78, 5) is 2.69. The van der Waals surface area contributed by atoms with Crippen LogP contribution in [0.15, 0.2) is 0 Å². The molecule has 0 N–H and O–H groups in total. The first-order valence-electron chi connectivity index (χ1n) is 8.00. The maximum atomic E-state index is 5.31. The lowest BCUT2D eigenvalue weighted by atomic mass is 9.75. The van der Waals surface area contributed by atoms with Crippen molar-refractivity contribution < 1.29 is 4.74 Å². The van der Waals surface area contributed by atoms with Gasteiger partial charge in [0.15, 0.2) is 0 Å². The highest BCUT2D eigenvalue weighted by Gasteiger charge is 2.34. The molecule has 1 aliphatic rings. The molecule has 0 aliphatic heterocycles. The molecule has 1 rings (SSSR count). The lowest BCUT2D eigenvalue weighted by molar-refractivity contribution is 0.0623. The predicted octanol–water partition coefficient (Wildman–Crippen LogP) is 4.47. The van der Waals surface area contributed by atoms with E-state index >= 15 is 0 Å². The summed E-state index contributed by atoms with van der Waals surface area (Å²) in [6.45, 7) is 7.81. The third-order valence-electron chi connectivity index (χ3n) is 4.78. The van der Waals surface area contributed by atoms with Crippen molar-refractivity contribution in [2.24, 2.45) is 5.41 Å². The minimum absolute atomic E-state index is 0.509. The van der Waals surface area contributed by atoms with Gasteiger partial charge in [0.05, 0.1) is 6.61 Å². The van der Waals surface area contributed by atoms with Crippen molar-refractivity contribution in [2.75, 3.05) is 32.1 Å². The van der Waals surface area contributed by atoms with E-state index in [0.717, 1.165) is 18.5 Å². The van der Waals surface area contributed by atoms with Crippen LogP contribution in [0.3, 0.4) is 0 Å². The highest BCUT2D eigenvalue weighted by molar-refractivity contribution is 9.09. The molecule has 114 valence electrons. The van der Waals surface area contributed by atoms with Crippen molar-refractivity contribution in [3.63, 3.8) is 0 Å². The second-order valence-corrected chi connectivity index (χ2v) is 6.69. The molecule has 0 aromatic heterocycles.